The Bertz CT molecular complexity index is 920. The first-order valence-electron chi connectivity index (χ1n) is 8.83. The van der Waals surface area contributed by atoms with Crippen LogP contribution in [0.5, 0.6) is 11.5 Å². The van der Waals surface area contributed by atoms with Crippen LogP contribution in [0, 0.1) is 5.41 Å². The smallest absolute Gasteiger partial charge is 0.253 e. The zero-order valence-corrected chi connectivity index (χ0v) is 17.1. The number of anilines is 1. The topological polar surface area (TPSA) is 85.3 Å². The van der Waals surface area contributed by atoms with Crippen molar-refractivity contribution in [1.29, 1.82) is 0 Å². The number of rotatable bonds is 1. The van der Waals surface area contributed by atoms with Gasteiger partial charge >= 0.3 is 0 Å². The second-order valence-corrected chi connectivity index (χ2v) is 11.3. The van der Waals surface area contributed by atoms with Crippen molar-refractivity contribution in [3.05, 3.63) is 18.2 Å². The summed E-state index contributed by atoms with van der Waals surface area (Å²) in [6.45, 7) is 6.42. The average molecular weight is 411 g/mol. The molecule has 1 aromatic carbocycles. The Labute approximate surface area is 163 Å². The Balaban J connectivity index is 1.75. The molecule has 0 bridgehead atoms. The molecule has 27 heavy (non-hydrogen) atoms. The van der Waals surface area contributed by atoms with E-state index in [0.717, 1.165) is 5.69 Å². The van der Waals surface area contributed by atoms with E-state index in [1.54, 1.807) is 0 Å². The van der Waals surface area contributed by atoms with Gasteiger partial charge in [0.1, 0.15) is 13.2 Å². The summed E-state index contributed by atoms with van der Waals surface area (Å²) in [5.41, 5.74) is 0.160. The number of benzene rings is 1. The van der Waals surface area contributed by atoms with Gasteiger partial charge in [0, 0.05) is 22.4 Å². The average Bonchev–Trinajstić information content (AvgIpc) is 3.04. The molecule has 0 spiro atoms. The molecule has 3 aliphatic rings. The number of hydrogen-bond donors (Lipinski definition) is 0. The summed E-state index contributed by atoms with van der Waals surface area (Å²) in [4.78, 5) is 18.7. The van der Waals surface area contributed by atoms with Crippen LogP contribution in [-0.4, -0.2) is 55.5 Å². The lowest BCUT2D eigenvalue weighted by Gasteiger charge is -2.27. The summed E-state index contributed by atoms with van der Waals surface area (Å²) in [5, 5.41) is 0.422. The van der Waals surface area contributed by atoms with Gasteiger partial charge in [0.25, 0.3) is 5.91 Å². The van der Waals surface area contributed by atoms with Gasteiger partial charge in [-0.2, -0.15) is 4.99 Å². The molecule has 0 aliphatic carbocycles. The van der Waals surface area contributed by atoms with E-state index in [4.69, 9.17) is 9.47 Å². The van der Waals surface area contributed by atoms with Crippen LogP contribution in [0.25, 0.3) is 0 Å². The van der Waals surface area contributed by atoms with Crippen molar-refractivity contribution < 1.29 is 22.7 Å². The quantitative estimate of drug-likeness (QED) is 0.701. The predicted octanol–water partition coefficient (Wildman–Crippen LogP) is 2.11. The van der Waals surface area contributed by atoms with E-state index >= 15 is 0 Å². The van der Waals surface area contributed by atoms with Gasteiger partial charge in [-0.15, -0.1) is 0 Å². The molecule has 0 radical (unpaired) electrons. The van der Waals surface area contributed by atoms with Crippen molar-refractivity contribution in [3.8, 4) is 11.5 Å². The van der Waals surface area contributed by atoms with Crippen LogP contribution >= 0.6 is 11.8 Å². The summed E-state index contributed by atoms with van der Waals surface area (Å²) >= 11 is 1.37. The van der Waals surface area contributed by atoms with Crippen LogP contribution in [0.2, 0.25) is 0 Å². The predicted molar refractivity (Wildman–Crippen MR) is 106 cm³/mol. The third-order valence-corrected chi connectivity index (χ3v) is 7.92. The lowest BCUT2D eigenvalue weighted by molar-refractivity contribution is -0.124. The maximum Gasteiger partial charge on any atom is 0.253 e. The first-order valence-corrected chi connectivity index (χ1v) is 11.5. The highest BCUT2D eigenvalue weighted by Gasteiger charge is 2.49. The summed E-state index contributed by atoms with van der Waals surface area (Å²) in [5.74, 6) is 1.22. The van der Waals surface area contributed by atoms with Gasteiger partial charge < -0.3 is 14.4 Å². The zero-order chi connectivity index (χ0) is 19.4. The van der Waals surface area contributed by atoms with Gasteiger partial charge in [0.2, 0.25) is 0 Å². The summed E-state index contributed by atoms with van der Waals surface area (Å²) < 4.78 is 35.5. The lowest BCUT2D eigenvalue weighted by atomic mass is 9.96. The molecule has 9 heteroatoms. The number of amidine groups is 1. The maximum atomic E-state index is 12.5. The number of carbonyl (C=O) groups is 1. The number of sulfone groups is 1. The first kappa shape index (κ1) is 18.6. The number of thioether (sulfide) groups is 1. The van der Waals surface area contributed by atoms with Gasteiger partial charge in [-0.05, 0) is 12.1 Å². The van der Waals surface area contributed by atoms with Gasteiger partial charge in [-0.25, -0.2) is 8.42 Å². The SMILES string of the molecule is CC(C)(C)C(=O)N=C1S[C@H]2CS(=O)(=O)C[C@H]2N1c1ccc2c(c1)OCCO2. The minimum atomic E-state index is -3.10. The zero-order valence-electron chi connectivity index (χ0n) is 15.5. The molecule has 2 fully saturated rings. The Morgan fingerprint density at radius 2 is 1.89 bits per heavy atom. The third-order valence-electron chi connectivity index (χ3n) is 4.71. The lowest BCUT2D eigenvalue weighted by Crippen LogP contribution is -2.38. The molecule has 3 heterocycles. The van der Waals surface area contributed by atoms with Crippen LogP contribution in [0.1, 0.15) is 20.8 Å². The first-order chi connectivity index (χ1) is 12.6. The van der Waals surface area contributed by atoms with Crippen molar-refractivity contribution in [2.45, 2.75) is 32.1 Å². The molecule has 1 amide bonds. The molecule has 0 aromatic heterocycles. The number of fused-ring (bicyclic) bond motifs is 2. The third kappa shape index (κ3) is 3.54. The van der Waals surface area contributed by atoms with Crippen LogP contribution < -0.4 is 14.4 Å². The second kappa shape index (κ2) is 6.41. The molecule has 2 atom stereocenters. The summed E-state index contributed by atoms with van der Waals surface area (Å²) in [7, 11) is -3.10. The highest BCUT2D eigenvalue weighted by atomic mass is 32.2. The molecule has 2 saturated heterocycles. The molecule has 0 unspecified atom stereocenters. The Morgan fingerprint density at radius 1 is 1.19 bits per heavy atom. The van der Waals surface area contributed by atoms with Crippen molar-refractivity contribution in [1.82, 2.24) is 0 Å². The number of hydrogen-bond acceptors (Lipinski definition) is 6. The minimum Gasteiger partial charge on any atom is -0.486 e. The van der Waals surface area contributed by atoms with E-state index in [1.807, 2.05) is 43.9 Å². The van der Waals surface area contributed by atoms with E-state index in [0.29, 0.717) is 29.9 Å². The van der Waals surface area contributed by atoms with E-state index < -0.39 is 15.3 Å². The monoisotopic (exact) mass is 410 g/mol. The normalized spacial score (nSPS) is 27.7. The number of amides is 1. The van der Waals surface area contributed by atoms with Crippen molar-refractivity contribution >= 4 is 38.4 Å². The van der Waals surface area contributed by atoms with Gasteiger partial charge in [-0.3, -0.25) is 4.79 Å². The fourth-order valence-corrected chi connectivity index (χ4v) is 7.22. The van der Waals surface area contributed by atoms with Gasteiger partial charge in [0.05, 0.1) is 17.5 Å². The van der Waals surface area contributed by atoms with Crippen LogP contribution in [-0.2, 0) is 14.6 Å². The number of aliphatic imine (C=N–C) groups is 1. The fourth-order valence-electron chi connectivity index (χ4n) is 3.30. The molecule has 0 saturated carbocycles. The van der Waals surface area contributed by atoms with E-state index in [9.17, 15) is 13.2 Å². The van der Waals surface area contributed by atoms with Crippen LogP contribution in [0.3, 0.4) is 0 Å². The molecule has 1 aromatic rings. The fraction of sp³-hybridized carbons (Fsp3) is 0.556. The molecule has 3 aliphatic heterocycles. The summed E-state index contributed by atoms with van der Waals surface area (Å²) in [6.07, 6.45) is 0. The van der Waals surface area contributed by atoms with Crippen LogP contribution in [0.4, 0.5) is 5.69 Å². The van der Waals surface area contributed by atoms with Gasteiger partial charge in [-0.1, -0.05) is 32.5 Å². The minimum absolute atomic E-state index is 0.0574. The van der Waals surface area contributed by atoms with Crippen molar-refractivity contribution in [2.24, 2.45) is 10.4 Å². The van der Waals surface area contributed by atoms with Crippen molar-refractivity contribution in [3.63, 3.8) is 0 Å². The highest BCUT2D eigenvalue weighted by Crippen LogP contribution is 2.43. The molecule has 0 N–H and O–H groups in total. The number of ether oxygens (including phenoxy) is 2. The second-order valence-electron chi connectivity index (χ2n) is 7.95. The molecular weight excluding hydrogens is 388 g/mol. The maximum absolute atomic E-state index is 12.5. The molecule has 7 nitrogen and oxygen atoms in total. The Morgan fingerprint density at radius 3 is 2.59 bits per heavy atom. The highest BCUT2D eigenvalue weighted by molar-refractivity contribution is 8.16. The number of nitrogens with zero attached hydrogens (tertiary/aromatic N) is 2. The molecule has 146 valence electrons. The van der Waals surface area contributed by atoms with E-state index in [2.05, 4.69) is 4.99 Å². The van der Waals surface area contributed by atoms with Crippen LogP contribution in [0.15, 0.2) is 23.2 Å². The number of carbonyl (C=O) groups excluding carboxylic acids is 1. The summed E-state index contributed by atoms with van der Waals surface area (Å²) in [6, 6.07) is 5.26. The molecular formula is C18H22N2O5S2. The Kier molecular flexibility index (Phi) is 4.42. The van der Waals surface area contributed by atoms with E-state index in [1.165, 1.54) is 11.8 Å². The molecule has 4 rings (SSSR count). The van der Waals surface area contributed by atoms with Gasteiger partial charge in [0.15, 0.2) is 26.5 Å². The van der Waals surface area contributed by atoms with Crippen molar-refractivity contribution in [2.75, 3.05) is 29.6 Å². The largest absolute Gasteiger partial charge is 0.486 e. The van der Waals surface area contributed by atoms with E-state index in [-0.39, 0.29) is 28.7 Å². The Hall–Kier alpha value is -1.74. The standard InChI is InChI=1S/C18H22N2O5S2/c1-18(2,3)16(21)19-17-20(12-9-27(22,23)10-15(12)26-17)11-4-5-13-14(8-11)25-7-6-24-13/h4-5,8,12,15H,6-7,9-10H2,1-3H3/t12-,15+/m1/s1.